The molecule has 1 aliphatic heterocycles. The summed E-state index contributed by atoms with van der Waals surface area (Å²) in [5, 5.41) is 11.8. The average molecular weight is 465 g/mol. The van der Waals surface area contributed by atoms with Gasteiger partial charge in [0.05, 0.1) is 21.8 Å². The summed E-state index contributed by atoms with van der Waals surface area (Å²) in [5.74, 6) is -2.36. The molecular formula is C24H14ClFN2O3S. The normalized spacial score (nSPS) is 17.9. The van der Waals surface area contributed by atoms with E-state index in [0.29, 0.717) is 26.4 Å². The number of carbonyl (C=O) groups is 2. The average Bonchev–Trinajstić information content (AvgIpc) is 3.32. The van der Waals surface area contributed by atoms with Crippen LogP contribution < -0.4 is 4.90 Å². The van der Waals surface area contributed by atoms with Crippen LogP contribution in [0.2, 0.25) is 5.02 Å². The van der Waals surface area contributed by atoms with Gasteiger partial charge in [-0.05, 0) is 48.0 Å². The zero-order valence-electron chi connectivity index (χ0n) is 16.3. The molecule has 32 heavy (non-hydrogen) atoms. The molecule has 1 saturated heterocycles. The van der Waals surface area contributed by atoms with Crippen molar-refractivity contribution >= 4 is 55.7 Å². The van der Waals surface area contributed by atoms with E-state index in [0.717, 1.165) is 11.3 Å². The van der Waals surface area contributed by atoms with Crippen molar-refractivity contribution < 1.29 is 19.1 Å². The third-order valence-corrected chi connectivity index (χ3v) is 6.49. The summed E-state index contributed by atoms with van der Waals surface area (Å²) in [5.41, 5.74) is 1.46. The van der Waals surface area contributed by atoms with Crippen molar-refractivity contribution in [3.05, 3.63) is 100 Å². The van der Waals surface area contributed by atoms with Crippen molar-refractivity contribution in [2.75, 3.05) is 4.90 Å². The minimum Gasteiger partial charge on any atom is -0.507 e. The molecule has 0 unspecified atom stereocenters. The number of benzene rings is 3. The van der Waals surface area contributed by atoms with Crippen LogP contribution in [0, 0.1) is 5.82 Å². The lowest BCUT2D eigenvalue weighted by Crippen LogP contribution is -2.29. The number of anilines is 1. The fraction of sp³-hybridized carbons (Fsp3) is 0.0417. The fourth-order valence-electron chi connectivity index (χ4n) is 3.73. The Morgan fingerprint density at radius 3 is 2.47 bits per heavy atom. The van der Waals surface area contributed by atoms with E-state index in [-0.39, 0.29) is 16.5 Å². The van der Waals surface area contributed by atoms with E-state index in [4.69, 9.17) is 11.6 Å². The number of Topliss-reactive ketones (excluding diaryl/α,β-unsaturated/α-hetero) is 1. The van der Waals surface area contributed by atoms with E-state index in [1.807, 2.05) is 6.07 Å². The minimum atomic E-state index is -0.891. The highest BCUT2D eigenvalue weighted by Crippen LogP contribution is 2.44. The van der Waals surface area contributed by atoms with Crippen molar-refractivity contribution in [1.82, 2.24) is 4.98 Å². The van der Waals surface area contributed by atoms with Gasteiger partial charge in [0.15, 0.2) is 5.13 Å². The first kappa shape index (κ1) is 20.4. The monoisotopic (exact) mass is 464 g/mol. The summed E-state index contributed by atoms with van der Waals surface area (Å²) >= 11 is 7.05. The Morgan fingerprint density at radius 1 is 1.03 bits per heavy atom. The number of halogens is 2. The first-order valence-corrected chi connectivity index (χ1v) is 10.8. The smallest absolute Gasteiger partial charge is 0.301 e. The summed E-state index contributed by atoms with van der Waals surface area (Å²) in [4.78, 5) is 32.0. The summed E-state index contributed by atoms with van der Waals surface area (Å²) < 4.78 is 14.2. The van der Waals surface area contributed by atoms with Gasteiger partial charge in [-0.1, -0.05) is 53.3 Å². The molecular weight excluding hydrogens is 451 g/mol. The molecule has 1 fully saturated rings. The third-order valence-electron chi connectivity index (χ3n) is 5.22. The van der Waals surface area contributed by atoms with Crippen molar-refractivity contribution in [2.45, 2.75) is 6.04 Å². The molecule has 2 heterocycles. The maximum absolute atomic E-state index is 13.7. The number of aliphatic hydroxyl groups excluding tert-OH is 1. The van der Waals surface area contributed by atoms with Crippen LogP contribution in [0.1, 0.15) is 17.2 Å². The van der Waals surface area contributed by atoms with Gasteiger partial charge >= 0.3 is 5.91 Å². The molecule has 158 valence electrons. The van der Waals surface area contributed by atoms with Crippen LogP contribution in [-0.4, -0.2) is 21.8 Å². The Bertz CT molecular complexity index is 1400. The zero-order valence-corrected chi connectivity index (χ0v) is 17.9. The lowest BCUT2D eigenvalue weighted by Gasteiger charge is -2.22. The largest absolute Gasteiger partial charge is 0.507 e. The van der Waals surface area contributed by atoms with Crippen LogP contribution >= 0.6 is 22.9 Å². The molecule has 0 radical (unpaired) electrons. The van der Waals surface area contributed by atoms with Gasteiger partial charge < -0.3 is 5.11 Å². The highest BCUT2D eigenvalue weighted by molar-refractivity contribution is 7.22. The third kappa shape index (κ3) is 3.36. The Hall–Kier alpha value is -3.55. The van der Waals surface area contributed by atoms with Gasteiger partial charge in [0.25, 0.3) is 5.78 Å². The number of carbonyl (C=O) groups excluding carboxylic acids is 2. The Balaban J connectivity index is 1.72. The van der Waals surface area contributed by atoms with Gasteiger partial charge in [-0.15, -0.1) is 0 Å². The second kappa shape index (κ2) is 7.85. The summed E-state index contributed by atoms with van der Waals surface area (Å²) in [6, 6.07) is 18.5. The molecule has 4 aromatic rings. The highest BCUT2D eigenvalue weighted by atomic mass is 35.5. The van der Waals surface area contributed by atoms with Crippen molar-refractivity contribution in [3.63, 3.8) is 0 Å². The van der Waals surface area contributed by atoms with Crippen LogP contribution in [0.5, 0.6) is 0 Å². The molecule has 1 aromatic heterocycles. The van der Waals surface area contributed by atoms with E-state index in [1.54, 1.807) is 48.5 Å². The van der Waals surface area contributed by atoms with Crippen molar-refractivity contribution in [3.8, 4) is 0 Å². The van der Waals surface area contributed by atoms with E-state index >= 15 is 0 Å². The Morgan fingerprint density at radius 2 is 1.75 bits per heavy atom. The van der Waals surface area contributed by atoms with Gasteiger partial charge in [-0.25, -0.2) is 9.37 Å². The van der Waals surface area contributed by atoms with Gasteiger partial charge in [0, 0.05) is 10.6 Å². The number of aliphatic hydroxyl groups is 1. The maximum Gasteiger partial charge on any atom is 0.301 e. The Labute approximate surface area is 191 Å². The molecule has 0 bridgehead atoms. The van der Waals surface area contributed by atoms with Crippen LogP contribution in [0.4, 0.5) is 9.52 Å². The van der Waals surface area contributed by atoms with E-state index in [9.17, 15) is 19.1 Å². The topological polar surface area (TPSA) is 70.5 Å². The minimum absolute atomic E-state index is 0.0473. The number of rotatable bonds is 3. The number of thiazole rings is 1. The first-order chi connectivity index (χ1) is 15.4. The predicted molar refractivity (Wildman–Crippen MR) is 122 cm³/mol. The predicted octanol–water partition coefficient (Wildman–Crippen LogP) is 5.72. The molecule has 1 amide bonds. The highest BCUT2D eigenvalue weighted by Gasteiger charge is 2.48. The van der Waals surface area contributed by atoms with Gasteiger partial charge in [-0.3, -0.25) is 14.5 Å². The number of nitrogens with zero attached hydrogens (tertiary/aromatic N) is 2. The SMILES string of the molecule is O=C1C(=O)N(c2nc3ccc(F)cc3s2)[C@@H](c2ccccc2)/C1=C(\O)c1ccc(Cl)cc1. The molecule has 1 atom stereocenters. The Kier molecular flexibility index (Phi) is 5.00. The molecule has 1 N–H and O–H groups in total. The molecule has 0 aliphatic carbocycles. The summed E-state index contributed by atoms with van der Waals surface area (Å²) in [6.45, 7) is 0. The second-order valence-electron chi connectivity index (χ2n) is 7.20. The number of aromatic nitrogens is 1. The van der Waals surface area contributed by atoms with Crippen molar-refractivity contribution in [2.24, 2.45) is 0 Å². The standard InChI is InChI=1S/C24H14ClFN2O3S/c25-15-8-6-14(7-9-15)21(29)19-20(13-4-2-1-3-5-13)28(23(31)22(19)30)24-27-17-11-10-16(26)12-18(17)32-24/h1-12,20,29H/b21-19+/t20-/m0/s1. The van der Waals surface area contributed by atoms with Crippen molar-refractivity contribution in [1.29, 1.82) is 0 Å². The van der Waals surface area contributed by atoms with Gasteiger partial charge in [-0.2, -0.15) is 0 Å². The molecule has 0 saturated carbocycles. The number of hydrogen-bond donors (Lipinski definition) is 1. The molecule has 3 aromatic carbocycles. The van der Waals surface area contributed by atoms with Crippen LogP contribution in [-0.2, 0) is 9.59 Å². The van der Waals surface area contributed by atoms with Crippen LogP contribution in [0.3, 0.4) is 0 Å². The molecule has 5 nitrogen and oxygen atoms in total. The van der Waals surface area contributed by atoms with Crippen LogP contribution in [0.25, 0.3) is 16.0 Å². The second-order valence-corrected chi connectivity index (χ2v) is 8.64. The molecule has 1 aliphatic rings. The van der Waals surface area contributed by atoms with E-state index in [2.05, 4.69) is 4.98 Å². The lowest BCUT2D eigenvalue weighted by molar-refractivity contribution is -0.132. The number of fused-ring (bicyclic) bond motifs is 1. The molecule has 8 heteroatoms. The molecule has 5 rings (SSSR count). The molecule has 0 spiro atoms. The summed E-state index contributed by atoms with van der Waals surface area (Å²) in [6.07, 6.45) is 0. The van der Waals surface area contributed by atoms with Crippen LogP contribution in [0.15, 0.2) is 78.4 Å². The van der Waals surface area contributed by atoms with Gasteiger partial charge in [0.2, 0.25) is 0 Å². The van der Waals surface area contributed by atoms with Gasteiger partial charge in [0.1, 0.15) is 11.6 Å². The van der Waals surface area contributed by atoms with E-state index < -0.39 is 23.5 Å². The maximum atomic E-state index is 13.7. The lowest BCUT2D eigenvalue weighted by atomic mass is 9.95. The number of hydrogen-bond acceptors (Lipinski definition) is 5. The number of amides is 1. The van der Waals surface area contributed by atoms with E-state index in [1.165, 1.54) is 23.1 Å². The quantitative estimate of drug-likeness (QED) is 0.239. The fourth-order valence-corrected chi connectivity index (χ4v) is 4.88. The summed E-state index contributed by atoms with van der Waals surface area (Å²) in [7, 11) is 0. The zero-order chi connectivity index (χ0) is 22.4. The number of ketones is 1. The first-order valence-electron chi connectivity index (χ1n) is 9.62.